The van der Waals surface area contributed by atoms with Gasteiger partial charge < -0.3 is 24.4 Å². The van der Waals surface area contributed by atoms with Gasteiger partial charge in [-0.3, -0.25) is 0 Å². The molecule has 0 saturated carbocycles. The van der Waals surface area contributed by atoms with E-state index in [9.17, 15) is 5.11 Å². The van der Waals surface area contributed by atoms with Crippen molar-refractivity contribution in [2.24, 2.45) is 10.2 Å². The van der Waals surface area contributed by atoms with Crippen LogP contribution in [0.4, 0.5) is 34.1 Å². The second-order valence-corrected chi connectivity index (χ2v) is 13.5. The Bertz CT molecular complexity index is 1940. The minimum atomic E-state index is -0.901. The van der Waals surface area contributed by atoms with Crippen LogP contribution in [0.1, 0.15) is 38.8 Å². The highest BCUT2D eigenvalue weighted by molar-refractivity contribution is 5.85. The number of ether oxygens (including phenoxy) is 2. The number of hydrogen-bond donors (Lipinski definition) is 1. The third-order valence-electron chi connectivity index (χ3n) is 9.69. The molecule has 298 valence electrons. The monoisotopic (exact) mass is 774 g/mol. The molecule has 6 aromatic carbocycles. The smallest absolute Gasteiger partial charge is 0.143 e. The normalized spacial score (nSPS) is 11.3. The molecule has 0 aliphatic carbocycles. The van der Waals surface area contributed by atoms with Crippen LogP contribution in [0.5, 0.6) is 11.5 Å². The topological polar surface area (TPSA) is 76.4 Å². The number of nitrogens with zero attached hydrogens (tertiary/aromatic N) is 6. The summed E-state index contributed by atoms with van der Waals surface area (Å²) in [6.45, 7) is 11.8. The van der Waals surface area contributed by atoms with Crippen molar-refractivity contribution in [3.8, 4) is 11.5 Å². The molecule has 6 rings (SSSR count). The Balaban J connectivity index is 1.20. The summed E-state index contributed by atoms with van der Waals surface area (Å²) in [5, 5.41) is 24.9. The molecule has 0 heterocycles. The minimum absolute atomic E-state index is 0.0416. The van der Waals surface area contributed by atoms with E-state index in [1.807, 2.05) is 168 Å². The van der Waals surface area contributed by atoms with E-state index in [0.717, 1.165) is 71.4 Å². The van der Waals surface area contributed by atoms with Crippen LogP contribution >= 0.6 is 0 Å². The first-order chi connectivity index (χ1) is 28.5. The minimum Gasteiger partial charge on any atom is -0.489 e. The molecule has 9 nitrogen and oxygen atoms in total. The molecule has 0 fully saturated rings. The summed E-state index contributed by atoms with van der Waals surface area (Å²) in [7, 11) is 0. The lowest BCUT2D eigenvalue weighted by Crippen LogP contribution is -2.28. The molecule has 0 unspecified atom stereocenters. The van der Waals surface area contributed by atoms with Gasteiger partial charge in [0.05, 0.1) is 46.6 Å². The van der Waals surface area contributed by atoms with Gasteiger partial charge in [-0.1, -0.05) is 84.9 Å². The molecule has 0 aliphatic heterocycles. The molecule has 6 aromatic rings. The molecular formula is C49H54N6O3. The third-order valence-corrected chi connectivity index (χ3v) is 9.69. The van der Waals surface area contributed by atoms with Crippen molar-refractivity contribution >= 4 is 46.6 Å². The van der Waals surface area contributed by atoms with E-state index in [1.54, 1.807) is 0 Å². The van der Waals surface area contributed by atoms with Crippen molar-refractivity contribution in [1.82, 2.24) is 0 Å². The van der Waals surface area contributed by atoms with Gasteiger partial charge in [0.25, 0.3) is 0 Å². The van der Waals surface area contributed by atoms with Crippen LogP contribution in [-0.4, -0.2) is 63.0 Å². The van der Waals surface area contributed by atoms with Crippen molar-refractivity contribution in [3.05, 3.63) is 169 Å². The summed E-state index contributed by atoms with van der Waals surface area (Å²) in [6, 6.07) is 52.4. The Kier molecular flexibility index (Phi) is 14.9. The van der Waals surface area contributed by atoms with Gasteiger partial charge in [-0.05, 0) is 112 Å². The fourth-order valence-electron chi connectivity index (χ4n) is 6.61. The van der Waals surface area contributed by atoms with Crippen LogP contribution in [-0.2, 0) is 0 Å². The zero-order valence-electron chi connectivity index (χ0n) is 33.9. The fraction of sp³-hybridized carbons (Fsp3) is 0.224. The molecule has 58 heavy (non-hydrogen) atoms. The molecule has 0 radical (unpaired) electrons. The lowest BCUT2D eigenvalue weighted by Gasteiger charge is -2.26. The SMILES string of the molecule is CCN(CC)c1ccc(/C=N/N(c2ccccc2)c2ccccc2)cc1OCC(O)COc1cc(/C=N/N(c2ccccc2)c2ccccc2)ccc1N(CC)CC. The quantitative estimate of drug-likeness (QED) is 0.0611. The Hall–Kier alpha value is -6.58. The van der Waals surface area contributed by atoms with E-state index in [1.165, 1.54) is 0 Å². The van der Waals surface area contributed by atoms with Gasteiger partial charge in [-0.25, -0.2) is 10.0 Å². The van der Waals surface area contributed by atoms with Gasteiger partial charge in [0, 0.05) is 26.2 Å². The van der Waals surface area contributed by atoms with Crippen molar-refractivity contribution in [1.29, 1.82) is 0 Å². The first-order valence-electron chi connectivity index (χ1n) is 20.1. The predicted octanol–water partition coefficient (Wildman–Crippen LogP) is 10.5. The molecule has 0 spiro atoms. The van der Waals surface area contributed by atoms with Gasteiger partial charge in [0.1, 0.15) is 30.8 Å². The Labute approximate surface area is 343 Å². The molecule has 9 heteroatoms. The highest BCUT2D eigenvalue weighted by Crippen LogP contribution is 2.33. The maximum absolute atomic E-state index is 11.3. The van der Waals surface area contributed by atoms with Gasteiger partial charge in [-0.15, -0.1) is 0 Å². The first kappa shape index (κ1) is 41.1. The zero-order valence-corrected chi connectivity index (χ0v) is 33.9. The van der Waals surface area contributed by atoms with Gasteiger partial charge >= 0.3 is 0 Å². The average molecular weight is 775 g/mol. The first-order valence-corrected chi connectivity index (χ1v) is 20.1. The van der Waals surface area contributed by atoms with Crippen molar-refractivity contribution in [2.75, 3.05) is 59.2 Å². The Morgan fingerprint density at radius 1 is 0.466 bits per heavy atom. The number of aliphatic hydroxyl groups excluding tert-OH is 1. The maximum Gasteiger partial charge on any atom is 0.143 e. The fourth-order valence-corrected chi connectivity index (χ4v) is 6.61. The van der Waals surface area contributed by atoms with Crippen LogP contribution in [0.3, 0.4) is 0 Å². The molecule has 1 N–H and O–H groups in total. The van der Waals surface area contributed by atoms with Crippen molar-refractivity contribution < 1.29 is 14.6 Å². The maximum atomic E-state index is 11.3. The number of hydrogen-bond acceptors (Lipinski definition) is 9. The molecule has 0 aliphatic rings. The van der Waals surface area contributed by atoms with E-state index >= 15 is 0 Å². The molecule has 0 atom stereocenters. The number of hydrazone groups is 2. The lowest BCUT2D eigenvalue weighted by atomic mass is 10.1. The van der Waals surface area contributed by atoms with E-state index in [-0.39, 0.29) is 13.2 Å². The van der Waals surface area contributed by atoms with Gasteiger partial charge in [-0.2, -0.15) is 10.2 Å². The zero-order chi connectivity index (χ0) is 40.5. The van der Waals surface area contributed by atoms with Gasteiger partial charge in [0.2, 0.25) is 0 Å². The van der Waals surface area contributed by atoms with Gasteiger partial charge in [0.15, 0.2) is 0 Å². The molecule has 0 bridgehead atoms. The molecule has 0 aromatic heterocycles. The predicted molar refractivity (Wildman–Crippen MR) is 242 cm³/mol. The van der Waals surface area contributed by atoms with E-state index < -0.39 is 6.10 Å². The van der Waals surface area contributed by atoms with Crippen LogP contribution in [0.2, 0.25) is 0 Å². The largest absolute Gasteiger partial charge is 0.489 e. The number of rotatable bonds is 20. The van der Waals surface area contributed by atoms with E-state index in [0.29, 0.717) is 11.5 Å². The Morgan fingerprint density at radius 3 is 1.07 bits per heavy atom. The van der Waals surface area contributed by atoms with E-state index in [4.69, 9.17) is 19.7 Å². The summed E-state index contributed by atoms with van der Waals surface area (Å²) in [6.07, 6.45) is 2.77. The molecule has 0 amide bonds. The summed E-state index contributed by atoms with van der Waals surface area (Å²) in [4.78, 5) is 4.47. The number of para-hydroxylation sites is 4. The van der Waals surface area contributed by atoms with Crippen LogP contribution < -0.4 is 29.3 Å². The standard InChI is InChI=1S/C49H54N6O3/c1-5-52(6-2)46-31-29-39(35-50-54(41-21-13-9-14-22-41)42-23-15-10-16-24-42)33-48(46)57-37-45(56)38-58-49-34-40(30-32-47(49)53(7-3)8-4)36-51-55(43-25-17-11-18-26-43)44-27-19-12-20-28-44/h9-36,45,56H,5-8,37-38H2,1-4H3/b50-35+,51-36+. The summed E-state index contributed by atoms with van der Waals surface area (Å²) >= 11 is 0. The number of anilines is 6. The second kappa shape index (κ2) is 21.1. The van der Waals surface area contributed by atoms with Crippen molar-refractivity contribution in [2.45, 2.75) is 33.8 Å². The molecular weight excluding hydrogens is 721 g/mol. The third kappa shape index (κ3) is 10.8. The number of aliphatic hydroxyl groups is 1. The van der Waals surface area contributed by atoms with E-state index in [2.05, 4.69) is 49.6 Å². The Morgan fingerprint density at radius 2 is 0.776 bits per heavy atom. The number of benzene rings is 6. The average Bonchev–Trinajstić information content (AvgIpc) is 3.28. The highest BCUT2D eigenvalue weighted by Gasteiger charge is 2.17. The summed E-state index contributed by atoms with van der Waals surface area (Å²) in [5.41, 5.74) is 7.45. The lowest BCUT2D eigenvalue weighted by molar-refractivity contribution is 0.0629. The van der Waals surface area contributed by atoms with Crippen molar-refractivity contribution in [3.63, 3.8) is 0 Å². The highest BCUT2D eigenvalue weighted by atomic mass is 16.5. The summed E-state index contributed by atoms with van der Waals surface area (Å²) < 4.78 is 12.8. The van der Waals surface area contributed by atoms with Crippen LogP contribution in [0.15, 0.2) is 168 Å². The summed E-state index contributed by atoms with van der Waals surface area (Å²) in [5.74, 6) is 1.34. The van der Waals surface area contributed by atoms with Crippen LogP contribution in [0.25, 0.3) is 0 Å². The molecule has 0 saturated heterocycles. The van der Waals surface area contributed by atoms with Crippen LogP contribution in [0, 0.1) is 0 Å². The second-order valence-electron chi connectivity index (χ2n) is 13.5.